The molecule has 0 aliphatic carbocycles. The van der Waals surface area contributed by atoms with E-state index < -0.39 is 0 Å². The van der Waals surface area contributed by atoms with Gasteiger partial charge in [0.1, 0.15) is 0 Å². The van der Waals surface area contributed by atoms with E-state index in [0.29, 0.717) is 56.7 Å². The number of pyridine rings is 2. The van der Waals surface area contributed by atoms with Crippen molar-refractivity contribution in [2.45, 2.75) is 25.3 Å². The molecule has 1 N–H and O–H groups in total. The Morgan fingerprint density at radius 1 is 1.17 bits per heavy atom. The number of urea groups is 1. The van der Waals surface area contributed by atoms with E-state index in [1.54, 1.807) is 6.20 Å². The Kier molecular flexibility index (Phi) is 6.19. The van der Waals surface area contributed by atoms with Gasteiger partial charge in [-0.05, 0) is 36.6 Å². The molecule has 0 spiro atoms. The number of morpholine rings is 1. The normalized spacial score (nSPS) is 18.0. The number of carbonyl (C=O) groups is 1. The van der Waals surface area contributed by atoms with Gasteiger partial charge in [-0.25, -0.2) is 14.2 Å². The van der Waals surface area contributed by atoms with Crippen LogP contribution in [0, 0.1) is 5.82 Å². The first kappa shape index (κ1) is 19.6. The first-order chi connectivity index (χ1) is 14.2. The second-order valence-corrected chi connectivity index (χ2v) is 7.42. The second kappa shape index (κ2) is 9.17. The maximum Gasteiger partial charge on any atom is 0.317 e. The van der Waals surface area contributed by atoms with Crippen molar-refractivity contribution in [1.29, 1.82) is 0 Å². The number of nitrogens with one attached hydrogen (secondary N) is 1. The molecule has 4 rings (SSSR count). The molecule has 0 atom stereocenters. The van der Waals surface area contributed by atoms with Crippen LogP contribution in [0.3, 0.4) is 0 Å². The van der Waals surface area contributed by atoms with Crippen LogP contribution in [0.2, 0.25) is 0 Å². The number of likely N-dealkylation sites (tertiary alicyclic amines) is 1. The number of aromatic nitrogens is 2. The van der Waals surface area contributed by atoms with Crippen LogP contribution < -0.4 is 10.2 Å². The summed E-state index contributed by atoms with van der Waals surface area (Å²) >= 11 is 0. The van der Waals surface area contributed by atoms with Crippen molar-refractivity contribution in [1.82, 2.24) is 20.2 Å². The molecule has 0 radical (unpaired) electrons. The van der Waals surface area contributed by atoms with Gasteiger partial charge in [0.15, 0.2) is 11.6 Å². The zero-order chi connectivity index (χ0) is 20.1. The number of nitrogens with zero attached hydrogens (tertiary/aromatic N) is 4. The van der Waals surface area contributed by atoms with E-state index in [0.717, 1.165) is 18.5 Å². The molecule has 2 fully saturated rings. The van der Waals surface area contributed by atoms with E-state index in [-0.39, 0.29) is 18.4 Å². The van der Waals surface area contributed by atoms with Crippen molar-refractivity contribution in [2.24, 2.45) is 0 Å². The summed E-state index contributed by atoms with van der Waals surface area (Å²) in [4.78, 5) is 24.9. The van der Waals surface area contributed by atoms with Gasteiger partial charge >= 0.3 is 6.03 Å². The zero-order valence-corrected chi connectivity index (χ0v) is 16.4. The highest BCUT2D eigenvalue weighted by Crippen LogP contribution is 2.26. The lowest BCUT2D eigenvalue weighted by atomic mass is 9.93. The molecule has 154 valence electrons. The van der Waals surface area contributed by atoms with Crippen molar-refractivity contribution < 1.29 is 13.9 Å². The van der Waals surface area contributed by atoms with Gasteiger partial charge in [-0.1, -0.05) is 6.07 Å². The van der Waals surface area contributed by atoms with Crippen LogP contribution in [-0.4, -0.2) is 60.3 Å². The van der Waals surface area contributed by atoms with E-state index in [2.05, 4.69) is 15.3 Å². The Morgan fingerprint density at radius 2 is 1.97 bits per heavy atom. The summed E-state index contributed by atoms with van der Waals surface area (Å²) < 4.78 is 19.7. The molecule has 0 aromatic carbocycles. The van der Waals surface area contributed by atoms with Crippen LogP contribution >= 0.6 is 0 Å². The highest BCUT2D eigenvalue weighted by atomic mass is 19.1. The molecule has 2 aromatic heterocycles. The topological polar surface area (TPSA) is 70.6 Å². The number of rotatable bonds is 4. The number of hydrogen-bond acceptors (Lipinski definition) is 5. The van der Waals surface area contributed by atoms with E-state index >= 15 is 0 Å². The summed E-state index contributed by atoms with van der Waals surface area (Å²) in [5.41, 5.74) is 1.74. The SMILES string of the molecule is O=C(NCc1cnc(N2CCOCC2)c(F)c1)N1CCC(c2ccccn2)CC1. The Balaban J connectivity index is 1.27. The third kappa shape index (κ3) is 4.82. The molecule has 0 unspecified atom stereocenters. The molecule has 2 aliphatic rings. The van der Waals surface area contributed by atoms with Crippen LogP contribution in [0.1, 0.15) is 30.0 Å². The zero-order valence-electron chi connectivity index (χ0n) is 16.4. The molecule has 2 saturated heterocycles. The van der Waals surface area contributed by atoms with Crippen LogP contribution in [0.4, 0.5) is 15.0 Å². The average Bonchev–Trinajstić information content (AvgIpc) is 2.79. The number of piperidine rings is 1. The summed E-state index contributed by atoms with van der Waals surface area (Å²) in [5, 5.41) is 2.88. The molecule has 29 heavy (non-hydrogen) atoms. The number of hydrogen-bond donors (Lipinski definition) is 1. The predicted octanol–water partition coefficient (Wildman–Crippen LogP) is 2.54. The summed E-state index contributed by atoms with van der Waals surface area (Å²) in [6, 6.07) is 7.28. The molecule has 0 bridgehead atoms. The van der Waals surface area contributed by atoms with Gasteiger partial charge in [-0.15, -0.1) is 0 Å². The fourth-order valence-electron chi connectivity index (χ4n) is 3.86. The first-order valence-corrected chi connectivity index (χ1v) is 10.1. The molecule has 2 aliphatic heterocycles. The maximum atomic E-state index is 14.4. The number of ether oxygens (including phenoxy) is 1. The van der Waals surface area contributed by atoms with Crippen LogP contribution in [0.15, 0.2) is 36.7 Å². The van der Waals surface area contributed by atoms with Gasteiger partial charge in [0.25, 0.3) is 0 Å². The lowest BCUT2D eigenvalue weighted by Gasteiger charge is -2.31. The van der Waals surface area contributed by atoms with Gasteiger partial charge < -0.3 is 19.9 Å². The highest BCUT2D eigenvalue weighted by Gasteiger charge is 2.24. The minimum Gasteiger partial charge on any atom is -0.378 e. The van der Waals surface area contributed by atoms with Crippen molar-refractivity contribution in [3.63, 3.8) is 0 Å². The molecule has 2 aromatic rings. The summed E-state index contributed by atoms with van der Waals surface area (Å²) in [6.07, 6.45) is 5.23. The summed E-state index contributed by atoms with van der Waals surface area (Å²) in [6.45, 7) is 4.06. The summed E-state index contributed by atoms with van der Waals surface area (Å²) in [5.74, 6) is 0.376. The van der Waals surface area contributed by atoms with Crippen molar-refractivity contribution in [3.05, 3.63) is 53.7 Å². The van der Waals surface area contributed by atoms with Crippen molar-refractivity contribution in [3.8, 4) is 0 Å². The van der Waals surface area contributed by atoms with E-state index in [9.17, 15) is 9.18 Å². The molecule has 2 amide bonds. The minimum atomic E-state index is -0.366. The van der Waals surface area contributed by atoms with Crippen molar-refractivity contribution >= 4 is 11.8 Å². The number of amides is 2. The Morgan fingerprint density at radius 3 is 2.66 bits per heavy atom. The molecular formula is C21H26FN5O2. The third-order valence-corrected chi connectivity index (χ3v) is 5.52. The van der Waals surface area contributed by atoms with Gasteiger partial charge in [-0.2, -0.15) is 0 Å². The lowest BCUT2D eigenvalue weighted by molar-refractivity contribution is 0.122. The smallest absolute Gasteiger partial charge is 0.317 e. The van der Waals surface area contributed by atoms with Gasteiger partial charge in [-0.3, -0.25) is 4.98 Å². The van der Waals surface area contributed by atoms with E-state index in [1.807, 2.05) is 34.2 Å². The van der Waals surface area contributed by atoms with E-state index in [1.165, 1.54) is 6.07 Å². The van der Waals surface area contributed by atoms with Crippen LogP contribution in [0.25, 0.3) is 0 Å². The maximum absolute atomic E-state index is 14.4. The number of halogens is 1. The molecule has 7 nitrogen and oxygen atoms in total. The second-order valence-electron chi connectivity index (χ2n) is 7.42. The highest BCUT2D eigenvalue weighted by molar-refractivity contribution is 5.74. The minimum absolute atomic E-state index is 0.123. The Hall–Kier alpha value is -2.74. The summed E-state index contributed by atoms with van der Waals surface area (Å²) in [7, 11) is 0. The Labute approximate surface area is 169 Å². The Bertz CT molecular complexity index is 821. The molecule has 0 saturated carbocycles. The lowest BCUT2D eigenvalue weighted by Crippen LogP contribution is -2.44. The standard InChI is InChI=1S/C21H26FN5O2/c22-18-13-16(14-24-20(18)26-9-11-29-12-10-26)15-25-21(28)27-7-4-17(5-8-27)19-3-1-2-6-23-19/h1-3,6,13-14,17H,4-5,7-12,15H2,(H,25,28). The average molecular weight is 399 g/mol. The fourth-order valence-corrected chi connectivity index (χ4v) is 3.86. The number of anilines is 1. The van der Waals surface area contributed by atoms with Gasteiger partial charge in [0, 0.05) is 56.7 Å². The quantitative estimate of drug-likeness (QED) is 0.856. The van der Waals surface area contributed by atoms with Gasteiger partial charge in [0.05, 0.1) is 13.2 Å². The molecule has 4 heterocycles. The monoisotopic (exact) mass is 399 g/mol. The van der Waals surface area contributed by atoms with Crippen molar-refractivity contribution in [2.75, 3.05) is 44.3 Å². The largest absolute Gasteiger partial charge is 0.378 e. The number of carbonyl (C=O) groups excluding carboxylic acids is 1. The molecule has 8 heteroatoms. The van der Waals surface area contributed by atoms with Gasteiger partial charge in [0.2, 0.25) is 0 Å². The van der Waals surface area contributed by atoms with E-state index in [4.69, 9.17) is 4.74 Å². The first-order valence-electron chi connectivity index (χ1n) is 10.1. The molecular weight excluding hydrogens is 373 g/mol. The third-order valence-electron chi connectivity index (χ3n) is 5.52. The predicted molar refractivity (Wildman–Crippen MR) is 107 cm³/mol. The van der Waals surface area contributed by atoms with Crippen LogP contribution in [0.5, 0.6) is 0 Å². The van der Waals surface area contributed by atoms with Crippen LogP contribution in [-0.2, 0) is 11.3 Å². The fraction of sp³-hybridized carbons (Fsp3) is 0.476.